The van der Waals surface area contributed by atoms with E-state index < -0.39 is 0 Å². The molecular weight excluding hydrogens is 801 g/mol. The van der Waals surface area contributed by atoms with Crippen molar-refractivity contribution in [3.05, 3.63) is 224 Å². The molecule has 0 aliphatic carbocycles. The van der Waals surface area contributed by atoms with Crippen LogP contribution in [0.5, 0.6) is 0 Å². The van der Waals surface area contributed by atoms with E-state index in [1.807, 2.05) is 66.7 Å². The van der Waals surface area contributed by atoms with Crippen molar-refractivity contribution < 1.29 is 0 Å². The number of hydrogen-bond donors (Lipinski definition) is 0. The molecule has 0 saturated heterocycles. The first-order valence-corrected chi connectivity index (χ1v) is 22.2. The third-order valence-electron chi connectivity index (χ3n) is 13.3. The lowest BCUT2D eigenvalue weighted by molar-refractivity contribution is 1.07. The van der Waals surface area contributed by atoms with Gasteiger partial charge >= 0.3 is 0 Å². The van der Waals surface area contributed by atoms with Crippen LogP contribution in [0.25, 0.3) is 132 Å². The minimum atomic E-state index is 0.569. The smallest absolute Gasteiger partial charge is 0.164 e. The molecule has 0 atom stereocenters. The van der Waals surface area contributed by atoms with Crippen molar-refractivity contribution in [3.8, 4) is 73.6 Å². The summed E-state index contributed by atoms with van der Waals surface area (Å²) in [5.41, 5.74) is 9.60. The maximum Gasteiger partial charge on any atom is 0.164 e. The van der Waals surface area contributed by atoms with E-state index in [9.17, 15) is 5.26 Å². The van der Waals surface area contributed by atoms with Crippen molar-refractivity contribution in [2.24, 2.45) is 0 Å². The molecule has 4 nitrogen and oxygen atoms in total. The molecule has 0 fully saturated rings. The Morgan fingerprint density at radius 2 is 0.697 bits per heavy atom. The highest BCUT2D eigenvalue weighted by Crippen LogP contribution is 2.46. The Morgan fingerprint density at radius 3 is 1.26 bits per heavy atom. The first kappa shape index (κ1) is 37.5. The summed E-state index contributed by atoms with van der Waals surface area (Å²) in [6, 6.07) is 79.5. The average molecular weight is 837 g/mol. The summed E-state index contributed by atoms with van der Waals surface area (Å²) >= 11 is 0. The fraction of sp³-hybridized carbons (Fsp3) is 0. The molecule has 66 heavy (non-hydrogen) atoms. The number of nitriles is 1. The van der Waals surface area contributed by atoms with Gasteiger partial charge in [0.15, 0.2) is 17.5 Å². The molecular formula is C62H36N4. The molecule has 0 bridgehead atoms. The number of aromatic nitrogens is 3. The van der Waals surface area contributed by atoms with Gasteiger partial charge in [-0.15, -0.1) is 0 Å². The van der Waals surface area contributed by atoms with E-state index in [2.05, 4.69) is 158 Å². The molecule has 1 aromatic heterocycles. The number of hydrogen-bond acceptors (Lipinski definition) is 4. The van der Waals surface area contributed by atoms with Crippen molar-refractivity contribution in [3.63, 3.8) is 0 Å². The number of fused-ring (bicyclic) bond motifs is 2. The number of benzene rings is 11. The molecule has 0 unspecified atom stereocenters. The van der Waals surface area contributed by atoms with Crippen LogP contribution in [0.3, 0.4) is 0 Å². The van der Waals surface area contributed by atoms with E-state index in [0.717, 1.165) is 50.1 Å². The van der Waals surface area contributed by atoms with Crippen LogP contribution < -0.4 is 0 Å². The Bertz CT molecular complexity index is 4100. The minimum Gasteiger partial charge on any atom is -0.208 e. The quantitative estimate of drug-likeness (QED) is 0.157. The molecule has 1 heterocycles. The summed E-state index contributed by atoms with van der Waals surface area (Å²) in [5, 5.41) is 24.6. The maximum absolute atomic E-state index is 9.52. The Morgan fingerprint density at radius 1 is 0.273 bits per heavy atom. The molecule has 0 aliphatic rings. The van der Waals surface area contributed by atoms with Gasteiger partial charge in [-0.05, 0) is 122 Å². The van der Waals surface area contributed by atoms with E-state index in [1.165, 1.54) is 64.6 Å². The van der Waals surface area contributed by atoms with Gasteiger partial charge in [0, 0.05) is 16.7 Å². The highest BCUT2D eigenvalue weighted by atomic mass is 15.0. The highest BCUT2D eigenvalue weighted by molar-refractivity contribution is 6.37. The zero-order valence-corrected chi connectivity index (χ0v) is 35.6. The molecule has 13 rings (SSSR count). The summed E-state index contributed by atoms with van der Waals surface area (Å²) in [6.07, 6.45) is 0. The van der Waals surface area contributed by atoms with Gasteiger partial charge < -0.3 is 0 Å². The molecule has 304 valence electrons. The van der Waals surface area contributed by atoms with Crippen molar-refractivity contribution in [1.82, 2.24) is 15.0 Å². The largest absolute Gasteiger partial charge is 0.208 e. The van der Waals surface area contributed by atoms with Gasteiger partial charge in [0.1, 0.15) is 0 Å². The van der Waals surface area contributed by atoms with E-state index >= 15 is 0 Å². The molecule has 0 N–H and O–H groups in total. The first-order valence-electron chi connectivity index (χ1n) is 22.2. The first-order chi connectivity index (χ1) is 32.7. The monoisotopic (exact) mass is 836 g/mol. The third kappa shape index (κ3) is 5.95. The van der Waals surface area contributed by atoms with Gasteiger partial charge in [-0.2, -0.15) is 5.26 Å². The lowest BCUT2D eigenvalue weighted by atomic mass is 9.85. The van der Waals surface area contributed by atoms with E-state index in [-0.39, 0.29) is 0 Å². The van der Waals surface area contributed by atoms with E-state index in [1.54, 1.807) is 0 Å². The van der Waals surface area contributed by atoms with Crippen molar-refractivity contribution >= 4 is 64.6 Å². The van der Waals surface area contributed by atoms with Crippen LogP contribution in [-0.4, -0.2) is 15.0 Å². The molecule has 0 spiro atoms. The fourth-order valence-electron chi connectivity index (χ4n) is 10.3. The summed E-state index contributed by atoms with van der Waals surface area (Å²) in [5.74, 6) is 1.74. The van der Waals surface area contributed by atoms with Crippen LogP contribution in [-0.2, 0) is 0 Å². The Hall–Kier alpha value is -9.04. The SMILES string of the molecule is N#Cc1ccc(-c2ccccc2-c2nc(-c3ccccc3)nc(-c3ccccc3-c3ccccc3-c3cc4ccc5cccc6c7cccc8ccc9cccc(c(c3)c4c56)c9c87)n2)cc1. The van der Waals surface area contributed by atoms with Crippen molar-refractivity contribution in [1.29, 1.82) is 5.26 Å². The molecule has 0 amide bonds. The van der Waals surface area contributed by atoms with Gasteiger partial charge in [-0.1, -0.05) is 194 Å². The second-order valence-corrected chi connectivity index (χ2v) is 17.0. The summed E-state index contributed by atoms with van der Waals surface area (Å²) < 4.78 is 0. The van der Waals surface area contributed by atoms with Gasteiger partial charge in [0.05, 0.1) is 11.6 Å². The normalized spacial score (nSPS) is 11.6. The molecule has 13 aromatic rings. The predicted octanol–water partition coefficient (Wildman–Crippen LogP) is 16.1. The minimum absolute atomic E-state index is 0.569. The van der Waals surface area contributed by atoms with Gasteiger partial charge in [-0.3, -0.25) is 0 Å². The topological polar surface area (TPSA) is 62.5 Å². The van der Waals surface area contributed by atoms with Crippen LogP contribution >= 0.6 is 0 Å². The summed E-state index contributed by atoms with van der Waals surface area (Å²) in [4.78, 5) is 15.7. The molecule has 0 saturated carbocycles. The second-order valence-electron chi connectivity index (χ2n) is 17.0. The number of rotatable bonds is 6. The summed E-state index contributed by atoms with van der Waals surface area (Å²) in [7, 11) is 0. The van der Waals surface area contributed by atoms with Gasteiger partial charge in [-0.25, -0.2) is 15.0 Å². The molecule has 4 heteroatoms. The van der Waals surface area contributed by atoms with Gasteiger partial charge in [0.25, 0.3) is 0 Å². The van der Waals surface area contributed by atoms with Gasteiger partial charge in [0.2, 0.25) is 0 Å². The molecule has 12 aromatic carbocycles. The van der Waals surface area contributed by atoms with Crippen LogP contribution in [0.2, 0.25) is 0 Å². The second kappa shape index (κ2) is 15.1. The van der Waals surface area contributed by atoms with Crippen LogP contribution in [0.15, 0.2) is 218 Å². The fourth-order valence-corrected chi connectivity index (χ4v) is 10.3. The third-order valence-corrected chi connectivity index (χ3v) is 13.3. The van der Waals surface area contributed by atoms with Crippen LogP contribution in [0.4, 0.5) is 0 Å². The predicted molar refractivity (Wildman–Crippen MR) is 273 cm³/mol. The van der Waals surface area contributed by atoms with Crippen molar-refractivity contribution in [2.75, 3.05) is 0 Å². The zero-order chi connectivity index (χ0) is 43.7. The Balaban J connectivity index is 1.05. The Kier molecular flexibility index (Phi) is 8.56. The molecule has 0 aliphatic heterocycles. The van der Waals surface area contributed by atoms with E-state index in [4.69, 9.17) is 15.0 Å². The average Bonchev–Trinajstić information content (AvgIpc) is 3.39. The summed E-state index contributed by atoms with van der Waals surface area (Å²) in [6.45, 7) is 0. The maximum atomic E-state index is 9.52. The zero-order valence-electron chi connectivity index (χ0n) is 35.6. The standard InChI is InChI=1S/C62H36N4/c63-37-38-27-29-39(30-28-38)46-18-5-8-22-53(46)61-64-60(43-13-2-1-3-14-43)65-62(66-61)54-23-9-7-21-49(54)48-20-6-4-19-47(48)45-35-44-34-33-42-16-11-25-51-50-24-10-15-40-31-32-41-17-12-26-52(58(41)56(40)50)55(36-45)59(44)57(42)51/h1-36H. The van der Waals surface area contributed by atoms with Crippen LogP contribution in [0, 0.1) is 11.3 Å². The van der Waals surface area contributed by atoms with Crippen molar-refractivity contribution in [2.45, 2.75) is 0 Å². The van der Waals surface area contributed by atoms with Crippen LogP contribution in [0.1, 0.15) is 5.56 Å². The lowest BCUT2D eigenvalue weighted by Crippen LogP contribution is -2.02. The highest BCUT2D eigenvalue weighted by Gasteiger charge is 2.21. The van der Waals surface area contributed by atoms with E-state index in [0.29, 0.717) is 23.0 Å². The Labute approximate surface area is 380 Å². The molecule has 0 radical (unpaired) electrons. The number of nitrogens with zero attached hydrogens (tertiary/aromatic N) is 4. The lowest BCUT2D eigenvalue weighted by Gasteiger charge is -2.18.